The lowest BCUT2D eigenvalue weighted by Crippen LogP contribution is -2.44. The molecule has 2 N–H and O–H groups in total. The maximum absolute atomic E-state index is 12.5. The topological polar surface area (TPSA) is 88.0 Å². The first kappa shape index (κ1) is 21.1. The number of likely N-dealkylation sites (tertiary alicyclic amines) is 1. The van der Waals surface area contributed by atoms with Crippen molar-refractivity contribution in [3.8, 4) is 27.5 Å². The van der Waals surface area contributed by atoms with Gasteiger partial charge in [-0.3, -0.25) is 5.32 Å². The molecule has 8 nitrogen and oxygen atoms in total. The van der Waals surface area contributed by atoms with Gasteiger partial charge in [-0.25, -0.2) is 19.4 Å². The number of thiazole rings is 1. The van der Waals surface area contributed by atoms with Crippen LogP contribution in [0.1, 0.15) is 17.7 Å². The van der Waals surface area contributed by atoms with E-state index in [9.17, 15) is 4.79 Å². The first-order valence-electron chi connectivity index (χ1n) is 11.2. The molecule has 1 aliphatic heterocycles. The van der Waals surface area contributed by atoms with Crippen molar-refractivity contribution in [2.24, 2.45) is 0 Å². The molecule has 2 amide bonds. The second-order valence-electron chi connectivity index (χ2n) is 8.29. The number of hydrogen-bond donors (Lipinski definition) is 2. The van der Waals surface area contributed by atoms with Gasteiger partial charge in [0.05, 0.1) is 32.7 Å². The molecule has 1 fully saturated rings. The molecule has 0 radical (unpaired) electrons. The molecule has 6 rings (SSSR count). The molecule has 3 aromatic heterocycles. The first-order valence-corrected chi connectivity index (χ1v) is 12.4. The molecule has 1 aromatic carbocycles. The molecule has 172 valence electrons. The average molecular weight is 492 g/mol. The Kier molecular flexibility index (Phi) is 5.23. The largest absolute Gasteiger partial charge is 0.373 e. The summed E-state index contributed by atoms with van der Waals surface area (Å²) in [5, 5.41) is 12.3. The van der Waals surface area contributed by atoms with Crippen LogP contribution in [0.3, 0.4) is 0 Å². The predicted octanol–water partition coefficient (Wildman–Crippen LogP) is 5.09. The highest BCUT2D eigenvalue weighted by atomic mass is 35.5. The molecule has 2 aliphatic rings. The number of carbonyl (C=O) groups excluding carboxylic acids is 1. The van der Waals surface area contributed by atoms with Crippen LogP contribution in [0, 0.1) is 0 Å². The van der Waals surface area contributed by atoms with Crippen molar-refractivity contribution in [3.63, 3.8) is 0 Å². The van der Waals surface area contributed by atoms with E-state index in [0.29, 0.717) is 10.2 Å². The van der Waals surface area contributed by atoms with Crippen molar-refractivity contribution in [2.75, 3.05) is 30.8 Å². The second-order valence-corrected chi connectivity index (χ2v) is 9.69. The minimum Gasteiger partial charge on any atom is -0.373 e. The van der Waals surface area contributed by atoms with Crippen molar-refractivity contribution in [1.29, 1.82) is 0 Å². The third-order valence-electron chi connectivity index (χ3n) is 6.24. The molecule has 34 heavy (non-hydrogen) atoms. The van der Waals surface area contributed by atoms with Gasteiger partial charge in [0.2, 0.25) is 0 Å². The minimum atomic E-state index is -0.0893. The lowest BCUT2D eigenvalue weighted by atomic mass is 9.95. The molecule has 1 aliphatic carbocycles. The third kappa shape index (κ3) is 3.52. The number of urea groups is 1. The smallest absolute Gasteiger partial charge is 0.323 e. The summed E-state index contributed by atoms with van der Waals surface area (Å²) in [7, 11) is 1.85. The SMILES string of the molecule is CNc1ccc(-c2nn(-c3ccccc3Cl)c3c2CCc2nc(NC(=O)N4CCC4)sc2-3)cn1. The van der Waals surface area contributed by atoms with E-state index >= 15 is 0 Å². The molecule has 10 heteroatoms. The number of para-hydroxylation sites is 1. The number of nitrogens with one attached hydrogen (secondary N) is 2. The van der Waals surface area contributed by atoms with Crippen LogP contribution in [0.25, 0.3) is 27.5 Å². The summed E-state index contributed by atoms with van der Waals surface area (Å²) in [6.45, 7) is 1.59. The van der Waals surface area contributed by atoms with Crippen LogP contribution in [0.5, 0.6) is 0 Å². The van der Waals surface area contributed by atoms with Crippen molar-refractivity contribution < 1.29 is 4.79 Å². The molecular formula is C24H22ClN7OS. The number of anilines is 2. The number of aryl methyl sites for hydroxylation is 1. The van der Waals surface area contributed by atoms with E-state index in [2.05, 4.69) is 15.6 Å². The second kappa shape index (κ2) is 8.41. The van der Waals surface area contributed by atoms with Crippen LogP contribution >= 0.6 is 22.9 Å². The molecule has 0 bridgehead atoms. The summed E-state index contributed by atoms with van der Waals surface area (Å²) in [6, 6.07) is 11.6. The first-order chi connectivity index (χ1) is 16.6. The zero-order chi connectivity index (χ0) is 23.2. The summed E-state index contributed by atoms with van der Waals surface area (Å²) in [6.07, 6.45) is 4.46. The molecule has 0 saturated carbocycles. The normalized spacial score (nSPS) is 14.2. The zero-order valence-electron chi connectivity index (χ0n) is 18.5. The van der Waals surface area contributed by atoms with Crippen molar-refractivity contribution in [2.45, 2.75) is 19.3 Å². The van der Waals surface area contributed by atoms with Crippen LogP contribution in [0.4, 0.5) is 15.7 Å². The van der Waals surface area contributed by atoms with Gasteiger partial charge >= 0.3 is 6.03 Å². The van der Waals surface area contributed by atoms with E-state index in [1.54, 1.807) is 4.90 Å². The van der Waals surface area contributed by atoms with E-state index in [-0.39, 0.29) is 6.03 Å². The van der Waals surface area contributed by atoms with E-state index < -0.39 is 0 Å². The van der Waals surface area contributed by atoms with Gasteiger partial charge in [0.15, 0.2) is 5.13 Å². The fourth-order valence-electron chi connectivity index (χ4n) is 4.32. The number of nitrogens with zero attached hydrogens (tertiary/aromatic N) is 5. The Labute approximate surface area is 205 Å². The van der Waals surface area contributed by atoms with Crippen molar-refractivity contribution in [1.82, 2.24) is 24.6 Å². The fraction of sp³-hybridized carbons (Fsp3) is 0.250. The van der Waals surface area contributed by atoms with Gasteiger partial charge < -0.3 is 10.2 Å². The number of fused-ring (bicyclic) bond motifs is 3. The van der Waals surface area contributed by atoms with Gasteiger partial charge in [-0.05, 0) is 43.5 Å². The number of hydrogen-bond acceptors (Lipinski definition) is 6. The molecule has 0 atom stereocenters. The van der Waals surface area contributed by atoms with Gasteiger partial charge in [0, 0.05) is 37.5 Å². The van der Waals surface area contributed by atoms with Crippen LogP contribution in [-0.2, 0) is 12.8 Å². The van der Waals surface area contributed by atoms with Crippen molar-refractivity contribution >= 4 is 39.9 Å². The number of rotatable bonds is 4. The molecule has 4 aromatic rings. The fourth-order valence-corrected chi connectivity index (χ4v) is 5.60. The molecule has 0 unspecified atom stereocenters. The monoisotopic (exact) mass is 491 g/mol. The number of aromatic nitrogens is 4. The van der Waals surface area contributed by atoms with E-state index in [1.165, 1.54) is 11.3 Å². The maximum Gasteiger partial charge on any atom is 0.323 e. The van der Waals surface area contributed by atoms with Crippen LogP contribution < -0.4 is 10.6 Å². The molecule has 4 heterocycles. The number of benzene rings is 1. The van der Waals surface area contributed by atoms with Crippen LogP contribution in [-0.4, -0.2) is 50.8 Å². The highest BCUT2D eigenvalue weighted by Crippen LogP contribution is 2.44. The summed E-state index contributed by atoms with van der Waals surface area (Å²) in [5.41, 5.74) is 5.72. The standard InChI is InChI=1S/C24H22ClN7OS/c1-26-19-10-7-14(13-27-19)20-15-8-9-17-22(34-23(28-17)29-24(33)31-11-4-12-31)21(15)32(30-20)18-6-3-2-5-16(18)25/h2-3,5-7,10,13H,4,8-9,11-12H2,1H3,(H,26,27)(H,28,29,33). The van der Waals surface area contributed by atoms with Gasteiger partial charge in [-0.2, -0.15) is 5.10 Å². The van der Waals surface area contributed by atoms with Crippen LogP contribution in [0.2, 0.25) is 5.02 Å². The van der Waals surface area contributed by atoms with Crippen molar-refractivity contribution in [3.05, 3.63) is 58.9 Å². The quantitative estimate of drug-likeness (QED) is 0.415. The molecule has 0 spiro atoms. The third-order valence-corrected chi connectivity index (χ3v) is 7.58. The number of amides is 2. The number of halogens is 1. The van der Waals surface area contributed by atoms with Crippen LogP contribution in [0.15, 0.2) is 42.6 Å². The highest BCUT2D eigenvalue weighted by molar-refractivity contribution is 7.19. The van der Waals surface area contributed by atoms with Gasteiger partial charge in [-0.1, -0.05) is 35.1 Å². The predicted molar refractivity (Wildman–Crippen MR) is 135 cm³/mol. The lowest BCUT2D eigenvalue weighted by molar-refractivity contribution is 0.181. The number of carbonyl (C=O) groups is 1. The number of pyridine rings is 1. The molecule has 1 saturated heterocycles. The van der Waals surface area contributed by atoms with Gasteiger partial charge in [-0.15, -0.1) is 0 Å². The highest BCUT2D eigenvalue weighted by Gasteiger charge is 2.31. The van der Waals surface area contributed by atoms with E-state index in [1.807, 2.05) is 54.3 Å². The Hall–Kier alpha value is -3.43. The summed E-state index contributed by atoms with van der Waals surface area (Å²) >= 11 is 8.09. The Morgan fingerprint density at radius 1 is 1.15 bits per heavy atom. The average Bonchev–Trinajstić information content (AvgIpc) is 3.39. The lowest BCUT2D eigenvalue weighted by Gasteiger charge is -2.30. The zero-order valence-corrected chi connectivity index (χ0v) is 20.1. The molecular weight excluding hydrogens is 470 g/mol. The Morgan fingerprint density at radius 2 is 2.00 bits per heavy atom. The van der Waals surface area contributed by atoms with Gasteiger partial charge in [0.25, 0.3) is 0 Å². The summed E-state index contributed by atoms with van der Waals surface area (Å²) < 4.78 is 1.91. The van der Waals surface area contributed by atoms with E-state index in [0.717, 1.165) is 76.9 Å². The minimum absolute atomic E-state index is 0.0893. The Morgan fingerprint density at radius 3 is 2.71 bits per heavy atom. The Bertz CT molecular complexity index is 1390. The summed E-state index contributed by atoms with van der Waals surface area (Å²) in [4.78, 5) is 24.5. The van der Waals surface area contributed by atoms with Gasteiger partial charge in [0.1, 0.15) is 5.82 Å². The Balaban J connectivity index is 1.48. The maximum atomic E-state index is 12.5. The van der Waals surface area contributed by atoms with E-state index in [4.69, 9.17) is 21.7 Å². The summed E-state index contributed by atoms with van der Waals surface area (Å²) in [5.74, 6) is 0.801.